The van der Waals surface area contributed by atoms with Crippen LogP contribution in [-0.2, 0) is 0 Å². The molecule has 1 heterocycles. The van der Waals surface area contributed by atoms with Crippen LogP contribution in [0.25, 0.3) is 0 Å². The van der Waals surface area contributed by atoms with Crippen LogP contribution in [0.3, 0.4) is 0 Å². The molecule has 1 N–H and O–H groups in total. The lowest BCUT2D eigenvalue weighted by Gasteiger charge is -2.36. The lowest BCUT2D eigenvalue weighted by molar-refractivity contribution is 0.174. The third kappa shape index (κ3) is 4.39. The van der Waals surface area contributed by atoms with Crippen LogP contribution in [0.4, 0.5) is 0 Å². The highest BCUT2D eigenvalue weighted by atomic mass is 35.5. The second-order valence-corrected chi connectivity index (χ2v) is 6.20. The molecule has 1 atom stereocenters. The summed E-state index contributed by atoms with van der Waals surface area (Å²) in [4.78, 5) is 2.48. The van der Waals surface area contributed by atoms with Crippen molar-refractivity contribution < 1.29 is 0 Å². The third-order valence-corrected chi connectivity index (χ3v) is 5.27. The lowest BCUT2D eigenvalue weighted by atomic mass is 9.85. The summed E-state index contributed by atoms with van der Waals surface area (Å²) in [5.74, 6) is 0. The molecule has 130 valence electrons. The van der Waals surface area contributed by atoms with Gasteiger partial charge in [0.15, 0.2) is 0 Å². The fraction of sp³-hybridized carbons (Fsp3) is 0.611. The van der Waals surface area contributed by atoms with Crippen molar-refractivity contribution >= 4 is 24.8 Å². The molecule has 1 aliphatic rings. The quantitative estimate of drug-likeness (QED) is 0.890. The van der Waals surface area contributed by atoms with Crippen molar-refractivity contribution in [3.63, 3.8) is 0 Å². The van der Waals surface area contributed by atoms with Gasteiger partial charge in [-0.2, -0.15) is 5.26 Å². The number of benzene rings is 1. The van der Waals surface area contributed by atoms with Crippen LogP contribution in [0.2, 0.25) is 0 Å². The van der Waals surface area contributed by atoms with E-state index in [1.807, 2.05) is 0 Å². The average molecular weight is 358 g/mol. The molecule has 1 fully saturated rings. The number of hydrogen-bond acceptors (Lipinski definition) is 3. The average Bonchev–Trinajstić information content (AvgIpc) is 2.51. The molecular formula is C18H29Cl2N3. The minimum atomic E-state index is 0. The van der Waals surface area contributed by atoms with Gasteiger partial charge in [-0.1, -0.05) is 0 Å². The maximum absolute atomic E-state index is 9.31. The van der Waals surface area contributed by atoms with Crippen molar-refractivity contribution in [2.75, 3.05) is 26.2 Å². The zero-order valence-corrected chi connectivity index (χ0v) is 16.5. The summed E-state index contributed by atoms with van der Waals surface area (Å²) in [7, 11) is 0. The molecule has 0 aromatic heterocycles. The van der Waals surface area contributed by atoms with Crippen molar-refractivity contribution in [3.05, 3.63) is 33.4 Å². The van der Waals surface area contributed by atoms with Gasteiger partial charge in [-0.15, -0.1) is 24.8 Å². The first kappa shape index (κ1) is 22.2. The number of nitrogens with zero attached hydrogens (tertiary/aromatic N) is 2. The highest BCUT2D eigenvalue weighted by Crippen LogP contribution is 2.35. The van der Waals surface area contributed by atoms with Crippen LogP contribution in [-0.4, -0.2) is 31.1 Å². The smallest absolute Gasteiger partial charge is 0.0641 e. The lowest BCUT2D eigenvalue weighted by Crippen LogP contribution is -2.45. The number of rotatable bonds is 3. The zero-order valence-electron chi connectivity index (χ0n) is 14.8. The van der Waals surface area contributed by atoms with Gasteiger partial charge in [0, 0.05) is 32.2 Å². The second-order valence-electron chi connectivity index (χ2n) is 6.20. The highest BCUT2D eigenvalue weighted by Gasteiger charge is 2.26. The molecule has 2 rings (SSSR count). The van der Waals surface area contributed by atoms with Crippen LogP contribution in [0, 0.1) is 45.9 Å². The van der Waals surface area contributed by atoms with Crippen molar-refractivity contribution in [2.45, 2.75) is 47.1 Å². The van der Waals surface area contributed by atoms with Crippen LogP contribution in [0.5, 0.6) is 0 Å². The van der Waals surface area contributed by atoms with Gasteiger partial charge in [-0.25, -0.2) is 0 Å². The van der Waals surface area contributed by atoms with Crippen LogP contribution >= 0.6 is 24.8 Å². The number of halogens is 2. The molecule has 1 aliphatic heterocycles. The van der Waals surface area contributed by atoms with Crippen LogP contribution < -0.4 is 5.32 Å². The Labute approximate surface area is 153 Å². The summed E-state index contributed by atoms with van der Waals surface area (Å²) in [5.41, 5.74) is 8.28. The van der Waals surface area contributed by atoms with E-state index in [2.05, 4.69) is 50.9 Å². The van der Waals surface area contributed by atoms with E-state index in [9.17, 15) is 5.26 Å². The number of nitrogens with one attached hydrogen (secondary N) is 1. The minimum Gasteiger partial charge on any atom is -0.314 e. The first-order chi connectivity index (χ1) is 9.99. The molecule has 0 radical (unpaired) electrons. The van der Waals surface area contributed by atoms with E-state index in [1.54, 1.807) is 0 Å². The second kappa shape index (κ2) is 9.49. The fourth-order valence-corrected chi connectivity index (χ4v) is 3.52. The van der Waals surface area contributed by atoms with E-state index in [0.717, 1.165) is 26.2 Å². The van der Waals surface area contributed by atoms with Gasteiger partial charge in [0.25, 0.3) is 0 Å². The molecule has 0 bridgehead atoms. The summed E-state index contributed by atoms with van der Waals surface area (Å²) in [6, 6.07) is 2.64. The van der Waals surface area contributed by atoms with Crippen molar-refractivity contribution in [1.29, 1.82) is 5.26 Å². The largest absolute Gasteiger partial charge is 0.314 e. The Hall–Kier alpha value is -0.790. The fourth-order valence-electron chi connectivity index (χ4n) is 3.52. The third-order valence-electron chi connectivity index (χ3n) is 5.27. The Kier molecular flexibility index (Phi) is 9.17. The summed E-state index contributed by atoms with van der Waals surface area (Å²) in [6.45, 7) is 15.2. The monoisotopic (exact) mass is 357 g/mol. The van der Waals surface area contributed by atoms with Crippen molar-refractivity contribution in [3.8, 4) is 6.07 Å². The van der Waals surface area contributed by atoms with E-state index in [4.69, 9.17) is 0 Å². The summed E-state index contributed by atoms with van der Waals surface area (Å²) in [6.07, 6.45) is 0.573. The molecule has 1 aromatic carbocycles. The summed E-state index contributed by atoms with van der Waals surface area (Å²) >= 11 is 0. The van der Waals surface area contributed by atoms with Gasteiger partial charge < -0.3 is 5.32 Å². The Bertz CT molecular complexity index is 544. The molecular weight excluding hydrogens is 329 g/mol. The van der Waals surface area contributed by atoms with E-state index in [1.165, 1.54) is 33.4 Å². The SMILES string of the molecule is Cc1c(C)c(C)c([C@@H](CC#N)N2CCNCC2)c(C)c1C.Cl.Cl. The first-order valence-electron chi connectivity index (χ1n) is 7.87. The van der Waals surface area contributed by atoms with Crippen LogP contribution in [0.1, 0.15) is 45.8 Å². The van der Waals surface area contributed by atoms with Crippen molar-refractivity contribution in [2.24, 2.45) is 0 Å². The van der Waals surface area contributed by atoms with Gasteiger partial charge in [0.05, 0.1) is 12.5 Å². The molecule has 3 nitrogen and oxygen atoms in total. The molecule has 0 saturated carbocycles. The van der Waals surface area contributed by atoms with E-state index < -0.39 is 0 Å². The van der Waals surface area contributed by atoms with Crippen molar-refractivity contribution in [1.82, 2.24) is 10.2 Å². The topological polar surface area (TPSA) is 39.1 Å². The summed E-state index contributed by atoms with van der Waals surface area (Å²) in [5, 5.41) is 12.7. The molecule has 0 spiro atoms. The molecule has 0 amide bonds. The van der Waals surface area contributed by atoms with E-state index >= 15 is 0 Å². The Morgan fingerprint density at radius 3 is 1.78 bits per heavy atom. The van der Waals surface area contributed by atoms with Gasteiger partial charge in [0.1, 0.15) is 0 Å². The highest BCUT2D eigenvalue weighted by molar-refractivity contribution is 5.85. The summed E-state index contributed by atoms with van der Waals surface area (Å²) < 4.78 is 0. The number of hydrogen-bond donors (Lipinski definition) is 1. The molecule has 1 saturated heterocycles. The van der Waals surface area contributed by atoms with Gasteiger partial charge in [-0.05, 0) is 68.0 Å². The molecule has 0 aliphatic carbocycles. The van der Waals surface area contributed by atoms with Gasteiger partial charge in [0.2, 0.25) is 0 Å². The van der Waals surface area contributed by atoms with E-state index in [0.29, 0.717) is 6.42 Å². The number of nitriles is 1. The molecule has 5 heteroatoms. The maximum Gasteiger partial charge on any atom is 0.0641 e. The van der Waals surface area contributed by atoms with Gasteiger partial charge in [-0.3, -0.25) is 4.90 Å². The Morgan fingerprint density at radius 2 is 1.35 bits per heavy atom. The molecule has 0 unspecified atom stereocenters. The number of piperazine rings is 1. The van der Waals surface area contributed by atoms with Crippen LogP contribution in [0.15, 0.2) is 0 Å². The van der Waals surface area contributed by atoms with E-state index in [-0.39, 0.29) is 30.9 Å². The molecule has 1 aromatic rings. The predicted molar refractivity (Wildman–Crippen MR) is 102 cm³/mol. The first-order valence-corrected chi connectivity index (χ1v) is 7.87. The van der Waals surface area contributed by atoms with Gasteiger partial charge >= 0.3 is 0 Å². The predicted octanol–water partition coefficient (Wildman–Crippen LogP) is 3.93. The Balaban J connectivity index is 0.00000242. The standard InChI is InChI=1S/C18H27N3.2ClH/c1-12-13(2)15(4)18(16(5)14(12)3)17(6-7-19)21-10-8-20-9-11-21;;/h17,20H,6,8-11H2,1-5H3;2*1H/t17-;;/m1../s1. The Morgan fingerprint density at radius 1 is 0.913 bits per heavy atom. The molecule has 23 heavy (non-hydrogen) atoms. The minimum absolute atomic E-state index is 0. The normalized spacial score (nSPS) is 16.0. The zero-order chi connectivity index (χ0) is 15.6. The maximum atomic E-state index is 9.31.